The minimum Gasteiger partial charge on any atom is -0.508 e. The lowest BCUT2D eigenvalue weighted by Gasteiger charge is -2.14. The molecule has 0 saturated carbocycles. The highest BCUT2D eigenvalue weighted by molar-refractivity contribution is 5.37. The number of benzene rings is 1. The Balaban J connectivity index is 2.87. The fraction of sp³-hybridized carbons (Fsp3) is 0.333. The molecule has 1 rings (SSSR count). The molecule has 0 radical (unpaired) electrons. The number of phenols is 1. The third-order valence-electron chi connectivity index (χ3n) is 2.16. The molecule has 0 heterocycles. The monoisotopic (exact) mass is 191 g/mol. The molecule has 1 atom stereocenters. The van der Waals surface area contributed by atoms with Gasteiger partial charge in [0.1, 0.15) is 5.75 Å². The highest BCUT2D eigenvalue weighted by Crippen LogP contribution is 2.24. The summed E-state index contributed by atoms with van der Waals surface area (Å²) in [5.41, 5.74) is 2.09. The topological polar surface area (TPSA) is 32.3 Å². The van der Waals surface area contributed by atoms with Gasteiger partial charge in [-0.25, -0.2) is 0 Å². The van der Waals surface area contributed by atoms with Crippen molar-refractivity contribution in [3.63, 3.8) is 0 Å². The van der Waals surface area contributed by atoms with Crippen LogP contribution in [-0.4, -0.2) is 5.11 Å². The van der Waals surface area contributed by atoms with E-state index in [2.05, 4.69) is 5.32 Å². The number of aryl methyl sites for hydroxylation is 1. The van der Waals surface area contributed by atoms with E-state index < -0.39 is 0 Å². The number of hydrogen-bond acceptors (Lipinski definition) is 2. The van der Waals surface area contributed by atoms with Crippen LogP contribution in [0.5, 0.6) is 5.75 Å². The smallest absolute Gasteiger partial charge is 0.120 e. The fourth-order valence-electron chi connectivity index (χ4n) is 1.35. The van der Waals surface area contributed by atoms with Gasteiger partial charge in [0.05, 0.1) is 6.04 Å². The Hall–Kier alpha value is -1.44. The first-order chi connectivity index (χ1) is 6.65. The Bertz CT molecular complexity index is 331. The third-order valence-corrected chi connectivity index (χ3v) is 2.16. The van der Waals surface area contributed by atoms with E-state index in [1.165, 1.54) is 0 Å². The van der Waals surface area contributed by atoms with Crippen LogP contribution in [0.25, 0.3) is 0 Å². The predicted molar refractivity (Wildman–Crippen MR) is 59.2 cm³/mol. The lowest BCUT2D eigenvalue weighted by molar-refractivity contribution is 0.459. The van der Waals surface area contributed by atoms with Gasteiger partial charge in [0.25, 0.3) is 0 Å². The van der Waals surface area contributed by atoms with E-state index in [4.69, 9.17) is 0 Å². The molecule has 0 aliphatic carbocycles. The van der Waals surface area contributed by atoms with Crippen molar-refractivity contribution in [1.82, 2.24) is 5.32 Å². The van der Waals surface area contributed by atoms with Crippen LogP contribution >= 0.6 is 0 Å². The molecular weight excluding hydrogens is 174 g/mol. The van der Waals surface area contributed by atoms with Crippen LogP contribution in [-0.2, 0) is 0 Å². The summed E-state index contributed by atoms with van der Waals surface area (Å²) in [6.45, 7) is 6.00. The van der Waals surface area contributed by atoms with Gasteiger partial charge in [0.15, 0.2) is 0 Å². The minimum atomic E-state index is 0.131. The van der Waals surface area contributed by atoms with Crippen molar-refractivity contribution in [3.05, 3.63) is 41.6 Å². The Morgan fingerprint density at radius 2 is 2.14 bits per heavy atom. The van der Waals surface area contributed by atoms with E-state index >= 15 is 0 Å². The zero-order chi connectivity index (χ0) is 10.6. The van der Waals surface area contributed by atoms with Gasteiger partial charge in [-0.05, 0) is 33.0 Å². The Labute approximate surface area is 85.3 Å². The van der Waals surface area contributed by atoms with Gasteiger partial charge >= 0.3 is 0 Å². The normalized spacial score (nSPS) is 13.1. The van der Waals surface area contributed by atoms with Gasteiger partial charge in [-0.2, -0.15) is 0 Å². The number of aromatic hydroxyl groups is 1. The number of nitrogens with one attached hydrogen (secondary N) is 1. The summed E-state index contributed by atoms with van der Waals surface area (Å²) in [6, 6.07) is 5.77. The Morgan fingerprint density at radius 3 is 2.79 bits per heavy atom. The first-order valence-electron chi connectivity index (χ1n) is 4.82. The lowest BCUT2D eigenvalue weighted by atomic mass is 10.0. The van der Waals surface area contributed by atoms with E-state index in [0.29, 0.717) is 5.75 Å². The molecule has 0 amide bonds. The Morgan fingerprint density at radius 1 is 1.43 bits per heavy atom. The lowest BCUT2D eigenvalue weighted by Crippen LogP contribution is -2.11. The van der Waals surface area contributed by atoms with Crippen molar-refractivity contribution < 1.29 is 5.11 Å². The number of phenolic OH excluding ortho intramolecular Hbond substituents is 1. The van der Waals surface area contributed by atoms with Crippen molar-refractivity contribution in [2.75, 3.05) is 0 Å². The zero-order valence-electron chi connectivity index (χ0n) is 8.91. The first kappa shape index (κ1) is 10.6. The highest BCUT2D eigenvalue weighted by Gasteiger charge is 2.07. The SMILES string of the molecule is C/C=C\NC(C)c1cc(C)ccc1O. The second kappa shape index (κ2) is 4.70. The molecule has 0 saturated heterocycles. The number of hydrogen-bond donors (Lipinski definition) is 2. The van der Waals surface area contributed by atoms with E-state index in [9.17, 15) is 5.11 Å². The zero-order valence-corrected chi connectivity index (χ0v) is 8.91. The predicted octanol–water partition coefficient (Wildman–Crippen LogP) is 2.88. The summed E-state index contributed by atoms with van der Waals surface area (Å²) in [7, 11) is 0. The maximum Gasteiger partial charge on any atom is 0.120 e. The van der Waals surface area contributed by atoms with Gasteiger partial charge in [-0.15, -0.1) is 0 Å². The molecule has 14 heavy (non-hydrogen) atoms. The van der Waals surface area contributed by atoms with Crippen molar-refractivity contribution >= 4 is 0 Å². The fourth-order valence-corrected chi connectivity index (χ4v) is 1.35. The largest absolute Gasteiger partial charge is 0.508 e. The van der Waals surface area contributed by atoms with E-state index in [1.54, 1.807) is 6.07 Å². The highest BCUT2D eigenvalue weighted by atomic mass is 16.3. The summed E-state index contributed by atoms with van der Waals surface area (Å²) < 4.78 is 0. The molecule has 1 unspecified atom stereocenters. The minimum absolute atomic E-state index is 0.131. The van der Waals surface area contributed by atoms with E-state index in [0.717, 1.165) is 11.1 Å². The summed E-state index contributed by atoms with van der Waals surface area (Å²) >= 11 is 0. The van der Waals surface area contributed by atoms with Crippen LogP contribution in [0, 0.1) is 6.92 Å². The molecule has 2 nitrogen and oxygen atoms in total. The average Bonchev–Trinajstić information content (AvgIpc) is 2.18. The van der Waals surface area contributed by atoms with Crippen LogP contribution in [0.3, 0.4) is 0 Å². The molecule has 0 fully saturated rings. The summed E-state index contributed by atoms with van der Waals surface area (Å²) in [4.78, 5) is 0. The van der Waals surface area contributed by atoms with Gasteiger partial charge in [-0.1, -0.05) is 23.8 Å². The van der Waals surface area contributed by atoms with Crippen molar-refractivity contribution in [1.29, 1.82) is 0 Å². The van der Waals surface area contributed by atoms with Crippen molar-refractivity contribution in [3.8, 4) is 5.75 Å². The molecular formula is C12H17NO. The van der Waals surface area contributed by atoms with Crippen molar-refractivity contribution in [2.45, 2.75) is 26.8 Å². The molecule has 1 aromatic rings. The summed E-state index contributed by atoms with van der Waals surface area (Å²) in [5, 5.41) is 12.8. The summed E-state index contributed by atoms with van der Waals surface area (Å²) in [5.74, 6) is 0.347. The van der Waals surface area contributed by atoms with Crippen LogP contribution < -0.4 is 5.32 Å². The van der Waals surface area contributed by atoms with Crippen LogP contribution in [0.15, 0.2) is 30.5 Å². The van der Waals surface area contributed by atoms with Crippen LogP contribution in [0.1, 0.15) is 31.0 Å². The number of allylic oxidation sites excluding steroid dienone is 1. The molecule has 0 aromatic heterocycles. The quantitative estimate of drug-likeness (QED) is 0.770. The third kappa shape index (κ3) is 2.52. The van der Waals surface area contributed by atoms with Gasteiger partial charge in [0, 0.05) is 5.56 Å². The molecule has 2 heteroatoms. The average molecular weight is 191 g/mol. The maximum atomic E-state index is 9.64. The van der Waals surface area contributed by atoms with E-state index in [-0.39, 0.29) is 6.04 Å². The number of rotatable bonds is 3. The van der Waals surface area contributed by atoms with Gasteiger partial charge in [-0.3, -0.25) is 0 Å². The molecule has 1 aromatic carbocycles. The second-order valence-corrected chi connectivity index (χ2v) is 3.45. The van der Waals surface area contributed by atoms with Crippen LogP contribution in [0.2, 0.25) is 0 Å². The van der Waals surface area contributed by atoms with Crippen LogP contribution in [0.4, 0.5) is 0 Å². The molecule has 0 aliphatic heterocycles. The molecule has 0 spiro atoms. The van der Waals surface area contributed by atoms with Crippen molar-refractivity contribution in [2.24, 2.45) is 0 Å². The second-order valence-electron chi connectivity index (χ2n) is 3.45. The summed E-state index contributed by atoms with van der Waals surface area (Å²) in [6.07, 6.45) is 3.82. The van der Waals surface area contributed by atoms with Gasteiger partial charge < -0.3 is 10.4 Å². The maximum absolute atomic E-state index is 9.64. The molecule has 0 bridgehead atoms. The van der Waals surface area contributed by atoms with E-state index in [1.807, 2.05) is 45.2 Å². The molecule has 76 valence electrons. The van der Waals surface area contributed by atoms with Gasteiger partial charge in [0.2, 0.25) is 0 Å². The first-order valence-corrected chi connectivity index (χ1v) is 4.82. The molecule has 2 N–H and O–H groups in total. The Kier molecular flexibility index (Phi) is 3.57. The standard InChI is InChI=1S/C12H17NO/c1-4-7-13-10(3)11-8-9(2)5-6-12(11)14/h4-8,10,13-14H,1-3H3/b7-4-. The molecule has 0 aliphatic rings.